The lowest BCUT2D eigenvalue weighted by Gasteiger charge is -2.28. The molecule has 0 radical (unpaired) electrons. The Morgan fingerprint density at radius 2 is 1.16 bits per heavy atom. The van der Waals surface area contributed by atoms with Gasteiger partial charge in [-0.15, -0.1) is 11.3 Å². The molecule has 0 saturated carbocycles. The average Bonchev–Trinajstić information content (AvgIpc) is 3.62. The molecule has 0 bridgehead atoms. The second-order valence-electron chi connectivity index (χ2n) is 11.9. The summed E-state index contributed by atoms with van der Waals surface area (Å²) >= 11 is 1.84. The highest BCUT2D eigenvalue weighted by Gasteiger charge is 2.41. The molecule has 0 aliphatic heterocycles. The molecule has 6 aromatic carbocycles. The van der Waals surface area contributed by atoms with Gasteiger partial charge in [0, 0.05) is 42.3 Å². The van der Waals surface area contributed by atoms with E-state index in [4.69, 9.17) is 9.97 Å². The molecule has 212 valence electrons. The van der Waals surface area contributed by atoms with Crippen LogP contribution < -0.4 is 0 Å². The Bertz CT molecular complexity index is 2390. The second-order valence-corrected chi connectivity index (χ2v) is 13.0. The van der Waals surface area contributed by atoms with Gasteiger partial charge in [0.1, 0.15) is 0 Å². The number of fused-ring (bicyclic) bond motifs is 6. The largest absolute Gasteiger partial charge is 0.228 e. The van der Waals surface area contributed by atoms with E-state index in [1.54, 1.807) is 0 Å². The standard InChI is InChI=1S/C42H28N2S/c1-42(29-15-6-3-7-16-29)34-20-10-8-18-31(34)40-32(19-12-21-35(40)42)37-26-36(43-41(44-37)27-13-4-2-5-14-27)28-23-24-39-33(25-28)30-17-9-11-22-38(30)45-39/h2-26H,1H3. The van der Waals surface area contributed by atoms with Crippen LogP contribution in [-0.2, 0) is 5.41 Å². The highest BCUT2D eigenvalue weighted by Crippen LogP contribution is 2.55. The van der Waals surface area contributed by atoms with Crippen LogP contribution in [0.4, 0.5) is 0 Å². The zero-order valence-electron chi connectivity index (χ0n) is 24.7. The van der Waals surface area contributed by atoms with Gasteiger partial charge in [-0.1, -0.05) is 127 Å². The van der Waals surface area contributed by atoms with E-state index in [1.165, 1.54) is 48.0 Å². The summed E-state index contributed by atoms with van der Waals surface area (Å²) in [5.41, 5.74) is 11.2. The zero-order valence-corrected chi connectivity index (χ0v) is 25.6. The smallest absolute Gasteiger partial charge is 0.160 e. The Labute approximate surface area is 266 Å². The number of nitrogens with zero attached hydrogens (tertiary/aromatic N) is 2. The number of aromatic nitrogens is 2. The van der Waals surface area contributed by atoms with E-state index < -0.39 is 0 Å². The maximum atomic E-state index is 5.26. The van der Waals surface area contributed by atoms with Crippen molar-refractivity contribution in [3.8, 4) is 45.0 Å². The van der Waals surface area contributed by atoms with Crippen molar-refractivity contribution >= 4 is 31.5 Å². The van der Waals surface area contributed by atoms with Gasteiger partial charge in [0.2, 0.25) is 0 Å². The molecule has 0 fully saturated rings. The maximum absolute atomic E-state index is 5.26. The Kier molecular flexibility index (Phi) is 5.84. The van der Waals surface area contributed by atoms with E-state index in [0.29, 0.717) is 0 Å². The summed E-state index contributed by atoms with van der Waals surface area (Å²) in [5, 5.41) is 2.55. The summed E-state index contributed by atoms with van der Waals surface area (Å²) in [5.74, 6) is 0.730. The van der Waals surface area contributed by atoms with E-state index >= 15 is 0 Å². The van der Waals surface area contributed by atoms with Crippen molar-refractivity contribution < 1.29 is 0 Å². The number of rotatable bonds is 4. The average molecular weight is 593 g/mol. The van der Waals surface area contributed by atoms with Crippen LogP contribution in [-0.4, -0.2) is 9.97 Å². The number of thiophene rings is 1. The summed E-state index contributed by atoms with van der Waals surface area (Å²) < 4.78 is 2.59. The van der Waals surface area contributed by atoms with Crippen molar-refractivity contribution in [2.75, 3.05) is 0 Å². The Morgan fingerprint density at radius 3 is 2.02 bits per heavy atom. The fraction of sp³-hybridized carbons (Fsp3) is 0.0476. The fourth-order valence-corrected chi connectivity index (χ4v) is 8.26. The molecule has 2 nitrogen and oxygen atoms in total. The zero-order chi connectivity index (χ0) is 30.0. The Balaban J connectivity index is 1.30. The molecular weight excluding hydrogens is 565 g/mol. The molecule has 9 rings (SSSR count). The summed E-state index contributed by atoms with van der Waals surface area (Å²) in [6, 6.07) is 54.3. The molecule has 1 unspecified atom stereocenters. The molecule has 1 aliphatic carbocycles. The molecule has 45 heavy (non-hydrogen) atoms. The molecule has 0 N–H and O–H groups in total. The van der Waals surface area contributed by atoms with Crippen molar-refractivity contribution in [3.63, 3.8) is 0 Å². The van der Waals surface area contributed by atoms with Gasteiger partial charge in [-0.05, 0) is 59.0 Å². The molecule has 0 saturated heterocycles. The van der Waals surface area contributed by atoms with Gasteiger partial charge >= 0.3 is 0 Å². The van der Waals surface area contributed by atoms with Crippen LogP contribution in [0.1, 0.15) is 23.6 Å². The van der Waals surface area contributed by atoms with Crippen LogP contribution in [0.25, 0.3) is 65.2 Å². The fourth-order valence-electron chi connectivity index (χ4n) is 7.17. The summed E-state index contributed by atoms with van der Waals surface area (Å²) in [6.45, 7) is 2.36. The molecule has 3 heteroatoms. The normalized spacial score (nSPS) is 15.3. The molecule has 2 aromatic heterocycles. The Hall–Kier alpha value is -5.38. The van der Waals surface area contributed by atoms with Crippen molar-refractivity contribution in [2.45, 2.75) is 12.3 Å². The Morgan fingerprint density at radius 1 is 0.489 bits per heavy atom. The molecule has 2 heterocycles. The van der Waals surface area contributed by atoms with Gasteiger partial charge in [0.25, 0.3) is 0 Å². The van der Waals surface area contributed by atoms with Crippen LogP contribution in [0, 0.1) is 0 Å². The van der Waals surface area contributed by atoms with Gasteiger partial charge in [-0.3, -0.25) is 0 Å². The van der Waals surface area contributed by atoms with Gasteiger partial charge < -0.3 is 0 Å². The lowest BCUT2D eigenvalue weighted by atomic mass is 9.74. The van der Waals surface area contributed by atoms with Crippen molar-refractivity contribution in [1.29, 1.82) is 0 Å². The van der Waals surface area contributed by atoms with Gasteiger partial charge in [0.15, 0.2) is 5.82 Å². The van der Waals surface area contributed by atoms with E-state index in [1.807, 2.05) is 17.4 Å². The van der Waals surface area contributed by atoms with E-state index in [9.17, 15) is 0 Å². The first-order valence-corrected chi connectivity index (χ1v) is 16.2. The van der Waals surface area contributed by atoms with Crippen LogP contribution in [0.3, 0.4) is 0 Å². The molecule has 0 amide bonds. The predicted octanol–water partition coefficient (Wildman–Crippen LogP) is 11.2. The molecule has 8 aromatic rings. The topological polar surface area (TPSA) is 25.8 Å². The minimum atomic E-state index is -0.271. The predicted molar refractivity (Wildman–Crippen MR) is 189 cm³/mol. The van der Waals surface area contributed by atoms with E-state index in [2.05, 4.69) is 153 Å². The van der Waals surface area contributed by atoms with Gasteiger partial charge in [-0.2, -0.15) is 0 Å². The van der Waals surface area contributed by atoms with Crippen LogP contribution in [0.15, 0.2) is 152 Å². The second kappa shape index (κ2) is 10.1. The van der Waals surface area contributed by atoms with Gasteiger partial charge in [-0.25, -0.2) is 9.97 Å². The maximum Gasteiger partial charge on any atom is 0.160 e. The van der Waals surface area contributed by atoms with E-state index in [-0.39, 0.29) is 5.41 Å². The third-order valence-corrected chi connectivity index (χ3v) is 10.5. The van der Waals surface area contributed by atoms with Gasteiger partial charge in [0.05, 0.1) is 11.4 Å². The van der Waals surface area contributed by atoms with E-state index in [0.717, 1.165) is 33.9 Å². The minimum Gasteiger partial charge on any atom is -0.228 e. The lowest BCUT2D eigenvalue weighted by Crippen LogP contribution is -2.22. The highest BCUT2D eigenvalue weighted by molar-refractivity contribution is 7.25. The van der Waals surface area contributed by atoms with Crippen molar-refractivity contribution in [1.82, 2.24) is 9.97 Å². The molecular formula is C42H28N2S. The summed E-state index contributed by atoms with van der Waals surface area (Å²) in [6.07, 6.45) is 0. The quantitative estimate of drug-likeness (QED) is 0.203. The summed E-state index contributed by atoms with van der Waals surface area (Å²) in [4.78, 5) is 10.4. The van der Waals surface area contributed by atoms with Crippen LogP contribution in [0.2, 0.25) is 0 Å². The first-order valence-electron chi connectivity index (χ1n) is 15.3. The SMILES string of the molecule is CC1(c2ccccc2)c2ccccc2-c2c(-c3cc(-c4ccc5sc6ccccc6c5c4)nc(-c4ccccc4)n3)cccc21. The van der Waals surface area contributed by atoms with Crippen LogP contribution in [0.5, 0.6) is 0 Å². The first-order chi connectivity index (χ1) is 22.2. The number of hydrogen-bond donors (Lipinski definition) is 0. The van der Waals surface area contributed by atoms with Crippen molar-refractivity contribution in [2.24, 2.45) is 0 Å². The highest BCUT2D eigenvalue weighted by atomic mass is 32.1. The third kappa shape index (κ3) is 4.01. The van der Waals surface area contributed by atoms with Crippen molar-refractivity contribution in [3.05, 3.63) is 168 Å². The van der Waals surface area contributed by atoms with Crippen LogP contribution >= 0.6 is 11.3 Å². The number of hydrogen-bond acceptors (Lipinski definition) is 3. The molecule has 1 aliphatic rings. The third-order valence-electron chi connectivity index (χ3n) is 9.40. The molecule has 1 atom stereocenters. The summed E-state index contributed by atoms with van der Waals surface area (Å²) in [7, 11) is 0. The minimum absolute atomic E-state index is 0.271. The molecule has 0 spiro atoms. The monoisotopic (exact) mass is 592 g/mol. The lowest BCUT2D eigenvalue weighted by molar-refractivity contribution is 0.714. The first kappa shape index (κ1) is 26.1. The number of benzene rings is 6.